The molecule has 0 bridgehead atoms. The monoisotopic (exact) mass is 430 g/mol. The van der Waals surface area contributed by atoms with Crippen LogP contribution in [0.25, 0.3) is 0 Å². The Morgan fingerprint density at radius 2 is 1.63 bits per heavy atom. The van der Waals surface area contributed by atoms with Crippen LogP contribution in [0.5, 0.6) is 5.75 Å². The molecule has 0 aromatic heterocycles. The molecule has 3 rings (SSSR count). The molecule has 1 unspecified atom stereocenters. The number of hydrogen-bond acceptors (Lipinski definition) is 3. The van der Waals surface area contributed by atoms with Gasteiger partial charge in [-0.15, -0.1) is 12.4 Å². The molecular formula is C25H35ClN2O2. The smallest absolute Gasteiger partial charge is 0.258 e. The van der Waals surface area contributed by atoms with Crippen molar-refractivity contribution in [3.8, 4) is 5.75 Å². The van der Waals surface area contributed by atoms with Gasteiger partial charge in [0.25, 0.3) is 5.91 Å². The quantitative estimate of drug-likeness (QED) is 0.660. The minimum atomic E-state index is -0.0739. The van der Waals surface area contributed by atoms with E-state index in [-0.39, 0.29) is 31.0 Å². The summed E-state index contributed by atoms with van der Waals surface area (Å²) in [4.78, 5) is 15.0. The number of nitrogens with zero attached hydrogens (tertiary/aromatic N) is 1. The van der Waals surface area contributed by atoms with Gasteiger partial charge in [0.2, 0.25) is 0 Å². The minimum absolute atomic E-state index is 0. The average molecular weight is 431 g/mol. The van der Waals surface area contributed by atoms with Crippen LogP contribution in [0.3, 0.4) is 0 Å². The zero-order valence-corrected chi connectivity index (χ0v) is 19.3. The van der Waals surface area contributed by atoms with Gasteiger partial charge in [-0.1, -0.05) is 48.7 Å². The number of halogens is 1. The fraction of sp³-hybridized carbons (Fsp3) is 0.480. The Hall–Kier alpha value is -2.04. The SMILES string of the molecule is Cc1ccc(C(CNC(=O)COc2ccc(C)c(C)c2)N2CCCCCC2)cc1.Cl. The summed E-state index contributed by atoms with van der Waals surface area (Å²) in [6.45, 7) is 9.06. The van der Waals surface area contributed by atoms with E-state index in [4.69, 9.17) is 4.74 Å². The second-order valence-electron chi connectivity index (χ2n) is 8.22. The number of carbonyl (C=O) groups excluding carboxylic acids is 1. The third-order valence-electron chi connectivity index (χ3n) is 5.88. The highest BCUT2D eigenvalue weighted by Crippen LogP contribution is 2.24. The van der Waals surface area contributed by atoms with Gasteiger partial charge < -0.3 is 10.1 Å². The maximum Gasteiger partial charge on any atom is 0.258 e. The lowest BCUT2D eigenvalue weighted by molar-refractivity contribution is -0.123. The van der Waals surface area contributed by atoms with E-state index in [1.54, 1.807) is 0 Å². The van der Waals surface area contributed by atoms with Crippen LogP contribution in [0.15, 0.2) is 42.5 Å². The first-order chi connectivity index (χ1) is 14.0. The first-order valence-electron chi connectivity index (χ1n) is 10.8. The molecule has 5 heteroatoms. The van der Waals surface area contributed by atoms with Crippen LogP contribution in [0, 0.1) is 20.8 Å². The van der Waals surface area contributed by atoms with Crippen molar-refractivity contribution in [2.75, 3.05) is 26.2 Å². The molecule has 1 aliphatic heterocycles. The van der Waals surface area contributed by atoms with Crippen molar-refractivity contribution < 1.29 is 9.53 Å². The van der Waals surface area contributed by atoms with Crippen molar-refractivity contribution in [2.45, 2.75) is 52.5 Å². The summed E-state index contributed by atoms with van der Waals surface area (Å²) >= 11 is 0. The van der Waals surface area contributed by atoms with E-state index in [2.05, 4.69) is 55.3 Å². The van der Waals surface area contributed by atoms with Crippen molar-refractivity contribution in [1.82, 2.24) is 10.2 Å². The van der Waals surface area contributed by atoms with Crippen LogP contribution < -0.4 is 10.1 Å². The van der Waals surface area contributed by atoms with E-state index in [0.717, 1.165) is 18.8 Å². The Balaban J connectivity index is 0.00000320. The maximum atomic E-state index is 12.5. The van der Waals surface area contributed by atoms with Gasteiger partial charge >= 0.3 is 0 Å². The number of amides is 1. The number of nitrogens with one attached hydrogen (secondary N) is 1. The lowest BCUT2D eigenvalue weighted by Gasteiger charge is -2.31. The highest BCUT2D eigenvalue weighted by molar-refractivity contribution is 5.85. The molecule has 4 nitrogen and oxygen atoms in total. The van der Waals surface area contributed by atoms with E-state index in [9.17, 15) is 4.79 Å². The molecule has 1 N–H and O–H groups in total. The molecule has 164 valence electrons. The fourth-order valence-corrected chi connectivity index (χ4v) is 3.87. The molecule has 1 aliphatic rings. The first-order valence-corrected chi connectivity index (χ1v) is 10.8. The minimum Gasteiger partial charge on any atom is -0.484 e. The molecule has 0 radical (unpaired) electrons. The second kappa shape index (κ2) is 12.0. The lowest BCUT2D eigenvalue weighted by atomic mass is 10.0. The largest absolute Gasteiger partial charge is 0.484 e. The van der Waals surface area contributed by atoms with Gasteiger partial charge in [0.1, 0.15) is 5.75 Å². The van der Waals surface area contributed by atoms with E-state index in [1.165, 1.54) is 47.9 Å². The molecule has 0 spiro atoms. The van der Waals surface area contributed by atoms with Gasteiger partial charge in [0.05, 0.1) is 6.04 Å². The molecule has 1 fully saturated rings. The van der Waals surface area contributed by atoms with Crippen LogP contribution in [0.1, 0.15) is 54.0 Å². The highest BCUT2D eigenvalue weighted by Gasteiger charge is 2.22. The molecule has 2 aromatic carbocycles. The number of aryl methyl sites for hydroxylation is 3. The molecule has 1 atom stereocenters. The van der Waals surface area contributed by atoms with Gasteiger partial charge in [-0.2, -0.15) is 0 Å². The Morgan fingerprint density at radius 3 is 2.27 bits per heavy atom. The molecule has 30 heavy (non-hydrogen) atoms. The Kier molecular flexibility index (Phi) is 9.67. The van der Waals surface area contributed by atoms with Crippen LogP contribution in [0.4, 0.5) is 0 Å². The number of ether oxygens (including phenoxy) is 1. The maximum absolute atomic E-state index is 12.5. The number of benzene rings is 2. The summed E-state index contributed by atoms with van der Waals surface area (Å²) < 4.78 is 5.70. The third kappa shape index (κ3) is 7.03. The van der Waals surface area contributed by atoms with Gasteiger partial charge in [-0.05, 0) is 75.5 Å². The summed E-state index contributed by atoms with van der Waals surface area (Å²) in [5, 5.41) is 3.10. The summed E-state index contributed by atoms with van der Waals surface area (Å²) in [5.41, 5.74) is 4.92. The van der Waals surface area contributed by atoms with E-state index >= 15 is 0 Å². The predicted molar refractivity (Wildman–Crippen MR) is 126 cm³/mol. The zero-order valence-electron chi connectivity index (χ0n) is 18.4. The Bertz CT molecular complexity index is 799. The van der Waals surface area contributed by atoms with E-state index < -0.39 is 0 Å². The molecule has 1 saturated heterocycles. The van der Waals surface area contributed by atoms with Crippen molar-refractivity contribution in [3.63, 3.8) is 0 Å². The van der Waals surface area contributed by atoms with Gasteiger partial charge in [0, 0.05) is 6.54 Å². The number of hydrogen-bond donors (Lipinski definition) is 1. The molecule has 1 amide bonds. The molecule has 2 aromatic rings. The number of likely N-dealkylation sites (tertiary alicyclic amines) is 1. The highest BCUT2D eigenvalue weighted by atomic mass is 35.5. The van der Waals surface area contributed by atoms with E-state index in [1.807, 2.05) is 18.2 Å². The molecule has 0 saturated carbocycles. The van der Waals surface area contributed by atoms with Crippen molar-refractivity contribution in [1.29, 1.82) is 0 Å². The van der Waals surface area contributed by atoms with Crippen LogP contribution in [0.2, 0.25) is 0 Å². The lowest BCUT2D eigenvalue weighted by Crippen LogP contribution is -2.40. The molecular weight excluding hydrogens is 396 g/mol. The van der Waals surface area contributed by atoms with Crippen molar-refractivity contribution >= 4 is 18.3 Å². The topological polar surface area (TPSA) is 41.6 Å². The van der Waals surface area contributed by atoms with Crippen LogP contribution in [-0.2, 0) is 4.79 Å². The summed E-state index contributed by atoms with van der Waals surface area (Å²) in [5.74, 6) is 0.668. The number of rotatable bonds is 7. The van der Waals surface area contributed by atoms with Crippen molar-refractivity contribution in [2.24, 2.45) is 0 Å². The standard InChI is InChI=1S/C25H34N2O2.ClH/c1-19-8-11-22(12-9-19)24(27-14-6-4-5-7-15-27)17-26-25(28)18-29-23-13-10-20(2)21(3)16-23;/h8-13,16,24H,4-7,14-15,17-18H2,1-3H3,(H,26,28);1H. The van der Waals surface area contributed by atoms with Gasteiger partial charge in [-0.3, -0.25) is 9.69 Å². The predicted octanol–water partition coefficient (Wildman–Crippen LogP) is 5.15. The zero-order chi connectivity index (χ0) is 20.6. The normalized spacial score (nSPS) is 15.6. The van der Waals surface area contributed by atoms with Crippen molar-refractivity contribution in [3.05, 3.63) is 64.7 Å². The molecule has 0 aliphatic carbocycles. The van der Waals surface area contributed by atoms with Crippen LogP contribution in [-0.4, -0.2) is 37.0 Å². The average Bonchev–Trinajstić information content (AvgIpc) is 3.00. The Morgan fingerprint density at radius 1 is 0.967 bits per heavy atom. The number of carbonyl (C=O) groups is 1. The first kappa shape index (κ1) is 24.2. The summed E-state index contributed by atoms with van der Waals surface area (Å²) in [6.07, 6.45) is 5.05. The van der Waals surface area contributed by atoms with Gasteiger partial charge in [-0.25, -0.2) is 0 Å². The summed E-state index contributed by atoms with van der Waals surface area (Å²) in [7, 11) is 0. The van der Waals surface area contributed by atoms with Gasteiger partial charge in [0.15, 0.2) is 6.61 Å². The van der Waals surface area contributed by atoms with E-state index in [0.29, 0.717) is 6.54 Å². The Labute approximate surface area is 187 Å². The molecule has 1 heterocycles. The summed E-state index contributed by atoms with van der Waals surface area (Å²) in [6, 6.07) is 14.8. The fourth-order valence-electron chi connectivity index (χ4n) is 3.87. The second-order valence-corrected chi connectivity index (χ2v) is 8.22. The van der Waals surface area contributed by atoms with Crippen LogP contribution >= 0.6 is 12.4 Å². The third-order valence-corrected chi connectivity index (χ3v) is 5.88.